The molecule has 2 fully saturated rings. The summed E-state index contributed by atoms with van der Waals surface area (Å²) in [7, 11) is 0. The molecule has 0 bridgehead atoms. The number of likely N-dealkylation sites (tertiary alicyclic amines) is 1. The molecule has 4 nitrogen and oxygen atoms in total. The van der Waals surface area contributed by atoms with E-state index in [9.17, 15) is 4.79 Å². The van der Waals surface area contributed by atoms with Crippen molar-refractivity contribution in [2.45, 2.75) is 96.9 Å². The van der Waals surface area contributed by atoms with Gasteiger partial charge in [-0.25, -0.2) is 4.79 Å². The highest BCUT2D eigenvalue weighted by atomic mass is 16.6. The van der Waals surface area contributed by atoms with Crippen molar-refractivity contribution in [3.63, 3.8) is 0 Å². The fourth-order valence-corrected chi connectivity index (χ4v) is 3.88. The maximum atomic E-state index is 12.3. The highest BCUT2D eigenvalue weighted by Crippen LogP contribution is 2.27. The molecule has 1 saturated heterocycles. The topological polar surface area (TPSA) is 41.6 Å². The van der Waals surface area contributed by atoms with Crippen LogP contribution in [0.4, 0.5) is 4.79 Å². The SMILES string of the molecule is CC1CCC(NC(C)CC2CCCN2C(=O)OC(C)(C)C)C1. The van der Waals surface area contributed by atoms with Gasteiger partial charge in [-0.1, -0.05) is 6.92 Å². The smallest absolute Gasteiger partial charge is 0.410 e. The third kappa shape index (κ3) is 5.15. The summed E-state index contributed by atoms with van der Waals surface area (Å²) in [5.74, 6) is 0.856. The first-order chi connectivity index (χ1) is 10.2. The number of ether oxygens (including phenoxy) is 1. The molecular formula is C18H34N2O2. The molecule has 1 aliphatic heterocycles. The van der Waals surface area contributed by atoms with Gasteiger partial charge in [0, 0.05) is 24.7 Å². The average Bonchev–Trinajstić information content (AvgIpc) is 2.96. The molecule has 4 heteroatoms. The lowest BCUT2D eigenvalue weighted by atomic mass is 10.0. The number of hydrogen-bond donors (Lipinski definition) is 1. The van der Waals surface area contributed by atoms with Crippen LogP contribution in [-0.2, 0) is 4.74 Å². The summed E-state index contributed by atoms with van der Waals surface area (Å²) in [5.41, 5.74) is -0.409. The number of nitrogens with zero attached hydrogens (tertiary/aromatic N) is 1. The van der Waals surface area contributed by atoms with Gasteiger partial charge in [0.2, 0.25) is 0 Å². The van der Waals surface area contributed by atoms with Crippen molar-refractivity contribution in [2.24, 2.45) is 5.92 Å². The minimum atomic E-state index is -0.409. The zero-order valence-electron chi connectivity index (χ0n) is 15.0. The quantitative estimate of drug-likeness (QED) is 0.855. The zero-order chi connectivity index (χ0) is 16.3. The van der Waals surface area contributed by atoms with Gasteiger partial charge in [-0.05, 0) is 72.1 Å². The lowest BCUT2D eigenvalue weighted by Crippen LogP contribution is -2.44. The van der Waals surface area contributed by atoms with Gasteiger partial charge < -0.3 is 15.0 Å². The number of hydrogen-bond acceptors (Lipinski definition) is 3. The van der Waals surface area contributed by atoms with Gasteiger partial charge in [-0.2, -0.15) is 0 Å². The third-order valence-electron chi connectivity index (χ3n) is 4.85. The van der Waals surface area contributed by atoms with Crippen LogP contribution in [0.1, 0.15) is 73.1 Å². The van der Waals surface area contributed by atoms with E-state index < -0.39 is 5.60 Å². The molecule has 0 radical (unpaired) electrons. The fraction of sp³-hybridized carbons (Fsp3) is 0.944. The van der Waals surface area contributed by atoms with Gasteiger partial charge in [0.05, 0.1) is 0 Å². The molecule has 2 aliphatic rings. The highest BCUT2D eigenvalue weighted by Gasteiger charge is 2.33. The largest absolute Gasteiger partial charge is 0.444 e. The van der Waals surface area contributed by atoms with Crippen LogP contribution in [0, 0.1) is 5.92 Å². The summed E-state index contributed by atoms with van der Waals surface area (Å²) in [4.78, 5) is 14.3. The maximum Gasteiger partial charge on any atom is 0.410 e. The maximum absolute atomic E-state index is 12.3. The molecule has 2 rings (SSSR count). The van der Waals surface area contributed by atoms with Crippen LogP contribution in [0.3, 0.4) is 0 Å². The molecule has 1 saturated carbocycles. The Morgan fingerprint density at radius 1 is 1.32 bits per heavy atom. The molecule has 4 atom stereocenters. The first-order valence-corrected chi connectivity index (χ1v) is 9.00. The third-order valence-corrected chi connectivity index (χ3v) is 4.85. The first-order valence-electron chi connectivity index (χ1n) is 9.00. The van der Waals surface area contributed by atoms with E-state index in [1.165, 1.54) is 19.3 Å². The van der Waals surface area contributed by atoms with Crippen molar-refractivity contribution in [1.82, 2.24) is 10.2 Å². The first kappa shape index (κ1) is 17.6. The Kier molecular flexibility index (Phi) is 5.76. The summed E-state index contributed by atoms with van der Waals surface area (Å²) < 4.78 is 5.55. The van der Waals surface area contributed by atoms with E-state index in [-0.39, 0.29) is 6.09 Å². The van der Waals surface area contributed by atoms with Gasteiger partial charge in [0.25, 0.3) is 0 Å². The van der Waals surface area contributed by atoms with E-state index in [4.69, 9.17) is 4.74 Å². The Balaban J connectivity index is 1.81. The molecule has 0 aromatic heterocycles. The van der Waals surface area contributed by atoms with Crippen molar-refractivity contribution < 1.29 is 9.53 Å². The molecule has 22 heavy (non-hydrogen) atoms. The molecule has 1 heterocycles. The van der Waals surface area contributed by atoms with E-state index in [1.54, 1.807) is 0 Å². The fourth-order valence-electron chi connectivity index (χ4n) is 3.88. The molecular weight excluding hydrogens is 276 g/mol. The molecule has 4 unspecified atom stereocenters. The molecule has 0 aromatic rings. The van der Waals surface area contributed by atoms with Gasteiger partial charge in [0.15, 0.2) is 0 Å². The van der Waals surface area contributed by atoms with Gasteiger partial charge in [-0.3, -0.25) is 0 Å². The van der Waals surface area contributed by atoms with E-state index in [2.05, 4.69) is 19.2 Å². The normalized spacial score (nSPS) is 30.6. The second kappa shape index (κ2) is 7.20. The Labute approximate surface area is 136 Å². The number of carbonyl (C=O) groups excluding carboxylic acids is 1. The number of amides is 1. The van der Waals surface area contributed by atoms with Crippen LogP contribution >= 0.6 is 0 Å². The number of carbonyl (C=O) groups is 1. The average molecular weight is 310 g/mol. The van der Waals surface area contributed by atoms with Gasteiger partial charge in [0.1, 0.15) is 5.60 Å². The highest BCUT2D eigenvalue weighted by molar-refractivity contribution is 5.68. The second-order valence-electron chi connectivity index (χ2n) is 8.39. The zero-order valence-corrected chi connectivity index (χ0v) is 15.0. The van der Waals surface area contributed by atoms with E-state index in [1.807, 2.05) is 25.7 Å². The minimum absolute atomic E-state index is 0.142. The van der Waals surface area contributed by atoms with Crippen LogP contribution in [0.25, 0.3) is 0 Å². The summed E-state index contributed by atoms with van der Waals surface area (Å²) in [6.45, 7) is 11.2. The van der Waals surface area contributed by atoms with Crippen LogP contribution in [0.15, 0.2) is 0 Å². The predicted octanol–water partition coefficient (Wildman–Crippen LogP) is 3.94. The van der Waals surface area contributed by atoms with Crippen LogP contribution < -0.4 is 5.32 Å². The van der Waals surface area contributed by atoms with Crippen molar-refractivity contribution in [3.05, 3.63) is 0 Å². The molecule has 0 aromatic carbocycles. The summed E-state index contributed by atoms with van der Waals surface area (Å²) in [5, 5.41) is 3.77. The Hall–Kier alpha value is -0.770. The van der Waals surface area contributed by atoms with Gasteiger partial charge in [-0.15, -0.1) is 0 Å². The Morgan fingerprint density at radius 2 is 2.05 bits per heavy atom. The van der Waals surface area contributed by atoms with E-state index >= 15 is 0 Å². The van der Waals surface area contributed by atoms with E-state index in [0.717, 1.165) is 31.7 Å². The van der Waals surface area contributed by atoms with Gasteiger partial charge >= 0.3 is 6.09 Å². The second-order valence-corrected chi connectivity index (χ2v) is 8.39. The molecule has 1 amide bonds. The van der Waals surface area contributed by atoms with Crippen LogP contribution in [-0.4, -0.2) is 41.3 Å². The standard InChI is InChI=1S/C18H34N2O2/c1-13-8-9-15(11-13)19-14(2)12-16-7-6-10-20(16)17(21)22-18(3,4)5/h13-16,19H,6-12H2,1-5H3. The minimum Gasteiger partial charge on any atom is -0.444 e. The molecule has 0 spiro atoms. The monoisotopic (exact) mass is 310 g/mol. The van der Waals surface area contributed by atoms with Crippen molar-refractivity contribution >= 4 is 6.09 Å². The summed E-state index contributed by atoms with van der Waals surface area (Å²) in [6, 6.07) is 1.46. The predicted molar refractivity (Wildman–Crippen MR) is 90.0 cm³/mol. The lowest BCUT2D eigenvalue weighted by Gasteiger charge is -2.30. The molecule has 128 valence electrons. The number of rotatable bonds is 4. The molecule has 1 aliphatic carbocycles. The number of nitrogens with one attached hydrogen (secondary N) is 1. The lowest BCUT2D eigenvalue weighted by molar-refractivity contribution is 0.0214. The van der Waals surface area contributed by atoms with Crippen LogP contribution in [0.2, 0.25) is 0 Å². The Bertz CT molecular complexity index is 378. The summed E-state index contributed by atoms with van der Waals surface area (Å²) >= 11 is 0. The van der Waals surface area contributed by atoms with Crippen molar-refractivity contribution in [3.8, 4) is 0 Å². The molecule has 1 N–H and O–H groups in total. The van der Waals surface area contributed by atoms with Crippen molar-refractivity contribution in [2.75, 3.05) is 6.54 Å². The van der Waals surface area contributed by atoms with E-state index in [0.29, 0.717) is 18.1 Å². The Morgan fingerprint density at radius 3 is 2.64 bits per heavy atom. The van der Waals surface area contributed by atoms with Crippen molar-refractivity contribution in [1.29, 1.82) is 0 Å². The summed E-state index contributed by atoms with van der Waals surface area (Å²) in [6.07, 6.45) is 7.03. The van der Waals surface area contributed by atoms with Crippen LogP contribution in [0.5, 0.6) is 0 Å².